The normalized spacial score (nSPS) is 10.9. The van der Waals surface area contributed by atoms with Crippen LogP contribution >= 0.6 is 0 Å². The van der Waals surface area contributed by atoms with Crippen molar-refractivity contribution in [2.45, 2.75) is 40.0 Å². The first-order chi connectivity index (χ1) is 12.5. The smallest absolute Gasteiger partial charge is 0.267 e. The minimum Gasteiger partial charge on any atom is -0.360 e. The fourth-order valence-electron chi connectivity index (χ4n) is 2.52. The van der Waals surface area contributed by atoms with Crippen molar-refractivity contribution in [2.24, 2.45) is 0 Å². The van der Waals surface area contributed by atoms with Gasteiger partial charge in [0.15, 0.2) is 0 Å². The number of unbranched alkanes of at least 4 members (excludes halogenated alkanes) is 1. The van der Waals surface area contributed by atoms with E-state index >= 15 is 0 Å². The number of nitrogens with one attached hydrogen (secondary N) is 2. The molecular formula is C22H25N3O. The summed E-state index contributed by atoms with van der Waals surface area (Å²) < 4.78 is 0. The molecule has 2 aromatic carbocycles. The highest BCUT2D eigenvalue weighted by atomic mass is 16.1. The molecule has 134 valence electrons. The summed E-state index contributed by atoms with van der Waals surface area (Å²) in [7, 11) is 0. The number of hydrogen-bond donors (Lipinski definition) is 2. The first kappa shape index (κ1) is 19.3. The third-order valence-corrected chi connectivity index (χ3v) is 4.16. The highest BCUT2D eigenvalue weighted by molar-refractivity contribution is 6.06. The molecule has 4 heteroatoms. The van der Waals surface area contributed by atoms with Gasteiger partial charge in [-0.3, -0.25) is 4.79 Å². The van der Waals surface area contributed by atoms with Crippen molar-refractivity contribution in [1.82, 2.24) is 0 Å². The second-order valence-corrected chi connectivity index (χ2v) is 6.39. The Bertz CT molecular complexity index is 829. The summed E-state index contributed by atoms with van der Waals surface area (Å²) in [4.78, 5) is 12.3. The Morgan fingerprint density at radius 2 is 1.88 bits per heavy atom. The first-order valence-electron chi connectivity index (χ1n) is 8.88. The van der Waals surface area contributed by atoms with Gasteiger partial charge in [-0.05, 0) is 61.6 Å². The van der Waals surface area contributed by atoms with Gasteiger partial charge in [-0.2, -0.15) is 5.26 Å². The van der Waals surface area contributed by atoms with Crippen LogP contribution < -0.4 is 10.6 Å². The van der Waals surface area contributed by atoms with Crippen LogP contribution in [0.3, 0.4) is 0 Å². The van der Waals surface area contributed by atoms with E-state index in [4.69, 9.17) is 0 Å². The predicted molar refractivity (Wildman–Crippen MR) is 107 cm³/mol. The lowest BCUT2D eigenvalue weighted by Gasteiger charge is -2.08. The Labute approximate surface area is 155 Å². The fourth-order valence-corrected chi connectivity index (χ4v) is 2.52. The largest absolute Gasteiger partial charge is 0.360 e. The van der Waals surface area contributed by atoms with Gasteiger partial charge in [0.1, 0.15) is 11.6 Å². The number of aryl methyl sites for hydroxylation is 3. The quantitative estimate of drug-likeness (QED) is 0.541. The molecule has 4 nitrogen and oxygen atoms in total. The van der Waals surface area contributed by atoms with E-state index in [1.54, 1.807) is 0 Å². The van der Waals surface area contributed by atoms with Gasteiger partial charge < -0.3 is 10.6 Å². The number of anilines is 2. The van der Waals surface area contributed by atoms with Crippen LogP contribution in [0.15, 0.2) is 54.2 Å². The molecule has 0 radical (unpaired) electrons. The van der Waals surface area contributed by atoms with E-state index in [0.29, 0.717) is 5.69 Å². The van der Waals surface area contributed by atoms with Gasteiger partial charge in [0.05, 0.1) is 0 Å². The van der Waals surface area contributed by atoms with Crippen molar-refractivity contribution in [2.75, 3.05) is 10.6 Å². The summed E-state index contributed by atoms with van der Waals surface area (Å²) in [6.07, 6.45) is 4.79. The Balaban J connectivity index is 2.04. The summed E-state index contributed by atoms with van der Waals surface area (Å²) >= 11 is 0. The number of amides is 1. The summed E-state index contributed by atoms with van der Waals surface area (Å²) in [5, 5.41) is 15.1. The molecule has 1 amide bonds. The van der Waals surface area contributed by atoms with E-state index in [1.165, 1.54) is 11.8 Å². The van der Waals surface area contributed by atoms with Crippen LogP contribution in [0.5, 0.6) is 0 Å². The molecule has 0 heterocycles. The molecule has 0 aromatic heterocycles. The monoisotopic (exact) mass is 347 g/mol. The van der Waals surface area contributed by atoms with Gasteiger partial charge in [-0.25, -0.2) is 0 Å². The van der Waals surface area contributed by atoms with Crippen LogP contribution in [-0.4, -0.2) is 5.91 Å². The maximum atomic E-state index is 12.3. The Morgan fingerprint density at radius 1 is 1.15 bits per heavy atom. The highest BCUT2D eigenvalue weighted by Gasteiger charge is 2.09. The Kier molecular flexibility index (Phi) is 6.99. The molecule has 0 unspecified atom stereocenters. The van der Waals surface area contributed by atoms with Crippen molar-refractivity contribution in [1.29, 1.82) is 5.26 Å². The van der Waals surface area contributed by atoms with Crippen molar-refractivity contribution < 1.29 is 4.79 Å². The van der Waals surface area contributed by atoms with Gasteiger partial charge in [-0.1, -0.05) is 37.6 Å². The Hall–Kier alpha value is -3.06. The number of nitrogens with zero attached hydrogens (tertiary/aromatic N) is 1. The van der Waals surface area contributed by atoms with E-state index in [1.807, 2.05) is 62.4 Å². The molecule has 0 spiro atoms. The zero-order valence-electron chi connectivity index (χ0n) is 15.6. The van der Waals surface area contributed by atoms with Crippen molar-refractivity contribution >= 4 is 17.3 Å². The predicted octanol–water partition coefficient (Wildman–Crippen LogP) is 5.10. The van der Waals surface area contributed by atoms with Gasteiger partial charge in [0.25, 0.3) is 5.91 Å². The van der Waals surface area contributed by atoms with Crippen LogP contribution in [0.4, 0.5) is 11.4 Å². The van der Waals surface area contributed by atoms with E-state index in [9.17, 15) is 10.1 Å². The van der Waals surface area contributed by atoms with Gasteiger partial charge in [0.2, 0.25) is 0 Å². The van der Waals surface area contributed by atoms with Crippen LogP contribution in [0, 0.1) is 25.2 Å². The fraction of sp³-hybridized carbons (Fsp3) is 0.273. The van der Waals surface area contributed by atoms with Gasteiger partial charge >= 0.3 is 0 Å². The average Bonchev–Trinajstić information content (AvgIpc) is 2.64. The third kappa shape index (κ3) is 5.49. The van der Waals surface area contributed by atoms with Crippen LogP contribution in [0.25, 0.3) is 0 Å². The molecular weight excluding hydrogens is 322 g/mol. The lowest BCUT2D eigenvalue weighted by molar-refractivity contribution is -0.112. The topological polar surface area (TPSA) is 64.9 Å². The van der Waals surface area contributed by atoms with Gasteiger partial charge in [0, 0.05) is 17.6 Å². The highest BCUT2D eigenvalue weighted by Crippen LogP contribution is 2.17. The van der Waals surface area contributed by atoms with Crippen LogP contribution in [0.2, 0.25) is 0 Å². The standard InChI is InChI=1S/C22H25N3O/c1-4-5-6-18-9-11-20(12-10-18)25-22(26)19(14-23)15-24-21-13-16(2)7-8-17(21)3/h7-13,15,24H,4-6H2,1-3H3,(H,25,26)/b19-15-. The van der Waals surface area contributed by atoms with E-state index < -0.39 is 5.91 Å². The van der Waals surface area contributed by atoms with Crippen LogP contribution in [0.1, 0.15) is 36.5 Å². The molecule has 0 saturated carbocycles. The molecule has 0 fully saturated rings. The molecule has 0 atom stereocenters. The average molecular weight is 347 g/mol. The van der Waals surface area contributed by atoms with Crippen molar-refractivity contribution in [3.05, 3.63) is 70.9 Å². The molecule has 26 heavy (non-hydrogen) atoms. The van der Waals surface area contributed by atoms with Crippen molar-refractivity contribution in [3.8, 4) is 6.07 Å². The zero-order valence-corrected chi connectivity index (χ0v) is 15.6. The lowest BCUT2D eigenvalue weighted by Crippen LogP contribution is -2.14. The maximum absolute atomic E-state index is 12.3. The number of nitriles is 1. The molecule has 0 aliphatic rings. The molecule has 2 aromatic rings. The molecule has 0 bridgehead atoms. The summed E-state index contributed by atoms with van der Waals surface area (Å²) in [6.45, 7) is 6.13. The van der Waals surface area contributed by atoms with E-state index in [0.717, 1.165) is 36.1 Å². The molecule has 2 rings (SSSR count). The number of rotatable bonds is 7. The zero-order chi connectivity index (χ0) is 18.9. The van der Waals surface area contributed by atoms with Crippen molar-refractivity contribution in [3.63, 3.8) is 0 Å². The van der Waals surface area contributed by atoms with E-state index in [2.05, 4.69) is 17.6 Å². The number of hydrogen-bond acceptors (Lipinski definition) is 3. The minimum atomic E-state index is -0.424. The lowest BCUT2D eigenvalue weighted by atomic mass is 10.1. The summed E-state index contributed by atoms with van der Waals surface area (Å²) in [5.41, 5.74) is 5.00. The second-order valence-electron chi connectivity index (χ2n) is 6.39. The maximum Gasteiger partial charge on any atom is 0.267 e. The molecule has 2 N–H and O–H groups in total. The van der Waals surface area contributed by atoms with Crippen LogP contribution in [-0.2, 0) is 11.2 Å². The summed E-state index contributed by atoms with van der Waals surface area (Å²) in [6, 6.07) is 15.7. The SMILES string of the molecule is CCCCc1ccc(NC(=O)/C(C#N)=C\Nc2cc(C)ccc2C)cc1. The number of carbonyl (C=O) groups excluding carboxylic acids is 1. The first-order valence-corrected chi connectivity index (χ1v) is 8.88. The minimum absolute atomic E-state index is 0.0287. The molecule has 0 saturated heterocycles. The number of benzene rings is 2. The third-order valence-electron chi connectivity index (χ3n) is 4.16. The Morgan fingerprint density at radius 3 is 2.54 bits per heavy atom. The number of carbonyl (C=O) groups is 1. The van der Waals surface area contributed by atoms with Gasteiger partial charge in [-0.15, -0.1) is 0 Å². The molecule has 0 aliphatic carbocycles. The molecule has 0 aliphatic heterocycles. The summed E-state index contributed by atoms with van der Waals surface area (Å²) in [5.74, 6) is -0.424. The second kappa shape index (κ2) is 9.43. The van der Waals surface area contributed by atoms with E-state index in [-0.39, 0.29) is 5.57 Å².